The van der Waals surface area contributed by atoms with Gasteiger partial charge in [0.1, 0.15) is 5.69 Å². The van der Waals surface area contributed by atoms with Crippen molar-refractivity contribution in [2.45, 2.75) is 27.2 Å². The van der Waals surface area contributed by atoms with E-state index in [-0.39, 0.29) is 5.91 Å². The van der Waals surface area contributed by atoms with Gasteiger partial charge in [-0.15, -0.1) is 0 Å². The third-order valence-corrected chi connectivity index (χ3v) is 4.13. The fourth-order valence-electron chi connectivity index (χ4n) is 2.85. The summed E-state index contributed by atoms with van der Waals surface area (Å²) in [5.74, 6) is -0.100. The summed E-state index contributed by atoms with van der Waals surface area (Å²) in [5.41, 5.74) is 5.55. The maximum Gasteiger partial charge on any atom is 0.270 e. The fraction of sp³-hybridized carbons (Fsp3) is 0.238. The quantitative estimate of drug-likeness (QED) is 0.757. The van der Waals surface area contributed by atoms with Gasteiger partial charge in [-0.3, -0.25) is 4.79 Å². The Labute approximate surface area is 148 Å². The molecule has 3 aromatic rings. The molecule has 1 amide bonds. The predicted molar refractivity (Wildman–Crippen MR) is 101 cm³/mol. The van der Waals surface area contributed by atoms with Crippen LogP contribution in [-0.2, 0) is 0 Å². The van der Waals surface area contributed by atoms with Crippen molar-refractivity contribution in [3.8, 4) is 16.9 Å². The number of amides is 1. The number of nitrogens with one attached hydrogen (secondary N) is 1. The Morgan fingerprint density at radius 2 is 1.84 bits per heavy atom. The average Bonchev–Trinajstić information content (AvgIpc) is 3.05. The monoisotopic (exact) mass is 333 g/mol. The van der Waals surface area contributed by atoms with Crippen LogP contribution in [0.1, 0.15) is 35.0 Å². The van der Waals surface area contributed by atoms with Crippen molar-refractivity contribution in [1.29, 1.82) is 0 Å². The molecule has 1 heterocycles. The van der Waals surface area contributed by atoms with Crippen LogP contribution in [0, 0.1) is 13.8 Å². The number of benzene rings is 2. The van der Waals surface area contributed by atoms with Gasteiger partial charge in [0.05, 0.1) is 11.4 Å². The third-order valence-electron chi connectivity index (χ3n) is 4.13. The molecule has 0 spiro atoms. The Hall–Kier alpha value is -2.88. The van der Waals surface area contributed by atoms with Crippen LogP contribution in [0.15, 0.2) is 54.6 Å². The smallest absolute Gasteiger partial charge is 0.270 e. The molecule has 0 unspecified atom stereocenters. The van der Waals surface area contributed by atoms with Crippen LogP contribution in [0.25, 0.3) is 16.9 Å². The van der Waals surface area contributed by atoms with Crippen LogP contribution in [0.3, 0.4) is 0 Å². The van der Waals surface area contributed by atoms with Crippen molar-refractivity contribution < 1.29 is 4.79 Å². The molecule has 25 heavy (non-hydrogen) atoms. The van der Waals surface area contributed by atoms with Crippen LogP contribution < -0.4 is 5.32 Å². The maximum atomic E-state index is 12.6. The first-order chi connectivity index (χ1) is 12.1. The summed E-state index contributed by atoms with van der Waals surface area (Å²) in [4.78, 5) is 12.6. The Morgan fingerprint density at radius 3 is 2.52 bits per heavy atom. The van der Waals surface area contributed by atoms with E-state index in [1.807, 2.05) is 62.4 Å². The van der Waals surface area contributed by atoms with Gasteiger partial charge in [-0.1, -0.05) is 55.0 Å². The molecule has 0 aliphatic carbocycles. The van der Waals surface area contributed by atoms with Crippen molar-refractivity contribution >= 4 is 5.91 Å². The van der Waals surface area contributed by atoms with E-state index < -0.39 is 0 Å². The van der Waals surface area contributed by atoms with E-state index in [4.69, 9.17) is 5.10 Å². The third kappa shape index (κ3) is 3.63. The molecule has 3 rings (SSSR count). The lowest BCUT2D eigenvalue weighted by Gasteiger charge is -2.11. The van der Waals surface area contributed by atoms with Gasteiger partial charge in [0.15, 0.2) is 0 Å². The zero-order valence-electron chi connectivity index (χ0n) is 14.9. The van der Waals surface area contributed by atoms with E-state index in [0.29, 0.717) is 12.2 Å². The molecule has 128 valence electrons. The summed E-state index contributed by atoms with van der Waals surface area (Å²) in [6.45, 7) is 6.79. The SMILES string of the molecule is CCCNC(=O)c1cc(-c2ccccc2)nn1-c1ccc(C)cc1C. The molecule has 0 saturated carbocycles. The second-order valence-corrected chi connectivity index (χ2v) is 6.24. The predicted octanol–water partition coefficient (Wildman–Crippen LogP) is 4.30. The largest absolute Gasteiger partial charge is 0.351 e. The second-order valence-electron chi connectivity index (χ2n) is 6.24. The van der Waals surface area contributed by atoms with Gasteiger partial charge in [0.2, 0.25) is 0 Å². The summed E-state index contributed by atoms with van der Waals surface area (Å²) in [5, 5.41) is 7.68. The summed E-state index contributed by atoms with van der Waals surface area (Å²) in [7, 11) is 0. The van der Waals surface area contributed by atoms with E-state index >= 15 is 0 Å². The zero-order chi connectivity index (χ0) is 17.8. The molecule has 4 nitrogen and oxygen atoms in total. The highest BCUT2D eigenvalue weighted by Gasteiger charge is 2.18. The highest BCUT2D eigenvalue weighted by molar-refractivity contribution is 5.94. The molecule has 1 aromatic heterocycles. The molecule has 0 fully saturated rings. The van der Waals surface area contributed by atoms with E-state index in [9.17, 15) is 4.79 Å². The first-order valence-electron chi connectivity index (χ1n) is 8.61. The summed E-state index contributed by atoms with van der Waals surface area (Å²) in [6, 6.07) is 17.9. The van der Waals surface area contributed by atoms with E-state index in [1.165, 1.54) is 5.56 Å². The highest BCUT2D eigenvalue weighted by atomic mass is 16.2. The van der Waals surface area contributed by atoms with Gasteiger partial charge >= 0.3 is 0 Å². The molecule has 2 aromatic carbocycles. The lowest BCUT2D eigenvalue weighted by molar-refractivity contribution is 0.0946. The Bertz CT molecular complexity index is 881. The van der Waals surface area contributed by atoms with Crippen LogP contribution in [-0.4, -0.2) is 22.2 Å². The molecule has 0 saturated heterocycles. The van der Waals surface area contributed by atoms with Gasteiger partial charge < -0.3 is 5.32 Å². The molecule has 0 atom stereocenters. The Kier molecular flexibility index (Phi) is 4.98. The summed E-state index contributed by atoms with van der Waals surface area (Å²) >= 11 is 0. The first-order valence-corrected chi connectivity index (χ1v) is 8.61. The van der Waals surface area contributed by atoms with Crippen molar-refractivity contribution in [3.05, 3.63) is 71.4 Å². The maximum absolute atomic E-state index is 12.6. The van der Waals surface area contributed by atoms with Gasteiger partial charge in [-0.25, -0.2) is 4.68 Å². The number of carbonyl (C=O) groups is 1. The number of hydrogen-bond acceptors (Lipinski definition) is 2. The second kappa shape index (κ2) is 7.34. The number of rotatable bonds is 5. The highest BCUT2D eigenvalue weighted by Crippen LogP contribution is 2.23. The van der Waals surface area contributed by atoms with Crippen LogP contribution >= 0.6 is 0 Å². The number of hydrogen-bond donors (Lipinski definition) is 1. The van der Waals surface area contributed by atoms with Crippen molar-refractivity contribution in [1.82, 2.24) is 15.1 Å². The lowest BCUT2D eigenvalue weighted by atomic mass is 10.1. The minimum atomic E-state index is -0.100. The molecule has 1 N–H and O–H groups in total. The van der Waals surface area contributed by atoms with E-state index in [0.717, 1.165) is 28.9 Å². The van der Waals surface area contributed by atoms with Gasteiger partial charge in [0, 0.05) is 12.1 Å². The minimum Gasteiger partial charge on any atom is -0.351 e. The fourth-order valence-corrected chi connectivity index (χ4v) is 2.85. The Morgan fingerprint density at radius 1 is 1.08 bits per heavy atom. The van der Waals surface area contributed by atoms with Crippen LogP contribution in [0.4, 0.5) is 0 Å². The first kappa shape index (κ1) is 17.0. The van der Waals surface area contributed by atoms with Crippen molar-refractivity contribution in [2.75, 3.05) is 6.54 Å². The standard InChI is InChI=1S/C21H23N3O/c1-4-12-22-21(25)20-14-18(17-8-6-5-7-9-17)23-24(20)19-11-10-15(2)13-16(19)3/h5-11,13-14H,4,12H2,1-3H3,(H,22,25). The number of aromatic nitrogens is 2. The van der Waals surface area contributed by atoms with Gasteiger partial charge in [-0.2, -0.15) is 5.10 Å². The van der Waals surface area contributed by atoms with Gasteiger partial charge in [0.25, 0.3) is 5.91 Å². The molecule has 0 radical (unpaired) electrons. The van der Waals surface area contributed by atoms with Crippen molar-refractivity contribution in [3.63, 3.8) is 0 Å². The molecule has 0 aliphatic rings. The number of aryl methyl sites for hydroxylation is 2. The van der Waals surface area contributed by atoms with E-state index in [2.05, 4.69) is 18.3 Å². The molecular weight excluding hydrogens is 310 g/mol. The van der Waals surface area contributed by atoms with Gasteiger partial charge in [-0.05, 0) is 38.0 Å². The molecule has 4 heteroatoms. The van der Waals surface area contributed by atoms with E-state index in [1.54, 1.807) is 4.68 Å². The average molecular weight is 333 g/mol. The van der Waals surface area contributed by atoms with Crippen molar-refractivity contribution in [2.24, 2.45) is 0 Å². The lowest BCUT2D eigenvalue weighted by Crippen LogP contribution is -2.26. The molecule has 0 bridgehead atoms. The summed E-state index contributed by atoms with van der Waals surface area (Å²) < 4.78 is 1.75. The number of carbonyl (C=O) groups excluding carboxylic acids is 1. The minimum absolute atomic E-state index is 0.100. The summed E-state index contributed by atoms with van der Waals surface area (Å²) in [6.07, 6.45) is 0.898. The number of nitrogens with zero attached hydrogens (tertiary/aromatic N) is 2. The molecule has 0 aliphatic heterocycles. The Balaban J connectivity index is 2.11. The van der Waals surface area contributed by atoms with Crippen LogP contribution in [0.5, 0.6) is 0 Å². The normalized spacial score (nSPS) is 10.7. The zero-order valence-corrected chi connectivity index (χ0v) is 14.9. The van der Waals surface area contributed by atoms with Crippen LogP contribution in [0.2, 0.25) is 0 Å². The molecular formula is C21H23N3O. The topological polar surface area (TPSA) is 46.9 Å².